The second-order valence-electron chi connectivity index (χ2n) is 6.18. The Morgan fingerprint density at radius 3 is 2.14 bits per heavy atom. The van der Waals surface area contributed by atoms with Crippen molar-refractivity contribution in [2.45, 2.75) is 44.2 Å². The molecule has 1 unspecified atom stereocenters. The van der Waals surface area contributed by atoms with Crippen LogP contribution in [0.15, 0.2) is 24.3 Å². The summed E-state index contributed by atoms with van der Waals surface area (Å²) >= 11 is 0. The maximum Gasteiger partial charge on any atom is 0.325 e. The van der Waals surface area contributed by atoms with Gasteiger partial charge in [-0.25, -0.2) is 0 Å². The predicted octanol–water partition coefficient (Wildman–Crippen LogP) is 3.14. The van der Waals surface area contributed by atoms with Crippen molar-refractivity contribution in [2.24, 2.45) is 0 Å². The molecule has 4 nitrogen and oxygen atoms in total. The van der Waals surface area contributed by atoms with Gasteiger partial charge in [0.1, 0.15) is 6.04 Å². The lowest BCUT2D eigenvalue weighted by atomic mass is 9.92. The normalized spacial score (nSPS) is 17.7. The van der Waals surface area contributed by atoms with Gasteiger partial charge in [0.2, 0.25) is 0 Å². The molecule has 0 bridgehead atoms. The summed E-state index contributed by atoms with van der Waals surface area (Å²) in [5, 5.41) is 9.65. The van der Waals surface area contributed by atoms with Crippen LogP contribution in [0, 0.1) is 0 Å². The molecule has 0 heterocycles. The highest BCUT2D eigenvalue weighted by Crippen LogP contribution is 2.30. The van der Waals surface area contributed by atoms with E-state index < -0.39 is 12.0 Å². The fraction of sp³-hybridized carbons (Fsp3) is 0.588. The average Bonchev–Trinajstić information content (AvgIpc) is 2.48. The number of nitrogens with zero attached hydrogens (tertiary/aromatic N) is 2. The van der Waals surface area contributed by atoms with Gasteiger partial charge in [0.15, 0.2) is 0 Å². The fourth-order valence-electron chi connectivity index (χ4n) is 3.21. The molecule has 1 atom stereocenters. The van der Waals surface area contributed by atoms with Crippen LogP contribution in [0.4, 0.5) is 5.69 Å². The quantitative estimate of drug-likeness (QED) is 0.905. The number of hydrogen-bond acceptors (Lipinski definition) is 3. The van der Waals surface area contributed by atoms with Crippen molar-refractivity contribution in [1.82, 2.24) is 4.90 Å². The summed E-state index contributed by atoms with van der Waals surface area (Å²) in [6.07, 6.45) is 5.91. The Balaban J connectivity index is 2.19. The SMILES string of the molecule is CN(C)c1ccc(C(C(=O)O)N(C)C2CCCCC2)cc1. The van der Waals surface area contributed by atoms with Gasteiger partial charge in [-0.3, -0.25) is 9.69 Å². The van der Waals surface area contributed by atoms with Gasteiger partial charge in [-0.1, -0.05) is 31.4 Å². The molecule has 1 N–H and O–H groups in total. The Morgan fingerprint density at radius 2 is 1.67 bits per heavy atom. The number of rotatable bonds is 5. The van der Waals surface area contributed by atoms with E-state index in [1.807, 2.05) is 55.2 Å². The van der Waals surface area contributed by atoms with Crippen molar-refractivity contribution >= 4 is 11.7 Å². The van der Waals surface area contributed by atoms with Gasteiger partial charge < -0.3 is 10.0 Å². The zero-order valence-corrected chi connectivity index (χ0v) is 13.2. The third-order valence-electron chi connectivity index (χ3n) is 4.52. The molecule has 1 aromatic rings. The van der Waals surface area contributed by atoms with Gasteiger partial charge in [-0.05, 0) is 37.6 Å². The van der Waals surface area contributed by atoms with Crippen LogP contribution in [0.5, 0.6) is 0 Å². The minimum atomic E-state index is -0.763. The van der Waals surface area contributed by atoms with Gasteiger partial charge in [0.05, 0.1) is 0 Å². The molecule has 1 fully saturated rings. The van der Waals surface area contributed by atoms with Crippen molar-refractivity contribution in [1.29, 1.82) is 0 Å². The molecule has 0 spiro atoms. The summed E-state index contributed by atoms with van der Waals surface area (Å²) in [6, 6.07) is 7.68. The topological polar surface area (TPSA) is 43.8 Å². The van der Waals surface area contributed by atoms with Gasteiger partial charge in [0.25, 0.3) is 0 Å². The summed E-state index contributed by atoms with van der Waals surface area (Å²) in [6.45, 7) is 0. The molecule has 1 aliphatic carbocycles. The molecule has 0 aliphatic heterocycles. The molecule has 21 heavy (non-hydrogen) atoms. The van der Waals surface area contributed by atoms with E-state index in [4.69, 9.17) is 0 Å². The van der Waals surface area contributed by atoms with Crippen LogP contribution in [-0.4, -0.2) is 43.2 Å². The van der Waals surface area contributed by atoms with E-state index in [1.54, 1.807) is 0 Å². The molecule has 1 saturated carbocycles. The van der Waals surface area contributed by atoms with Gasteiger partial charge >= 0.3 is 5.97 Å². The van der Waals surface area contributed by atoms with Gasteiger partial charge in [0, 0.05) is 25.8 Å². The Bertz CT molecular complexity index is 464. The molecule has 1 aromatic carbocycles. The highest BCUT2D eigenvalue weighted by molar-refractivity contribution is 5.75. The molecule has 116 valence electrons. The number of anilines is 1. The molecule has 0 aromatic heterocycles. The minimum absolute atomic E-state index is 0.383. The first-order chi connectivity index (χ1) is 10.0. The first-order valence-electron chi connectivity index (χ1n) is 7.72. The number of carbonyl (C=O) groups is 1. The van der Waals surface area contributed by atoms with Crippen LogP contribution in [0.1, 0.15) is 43.7 Å². The lowest BCUT2D eigenvalue weighted by Gasteiger charge is -2.35. The van der Waals surface area contributed by atoms with E-state index in [2.05, 4.69) is 0 Å². The number of carboxylic acids is 1. The lowest BCUT2D eigenvalue weighted by Crippen LogP contribution is -2.40. The van der Waals surface area contributed by atoms with Crippen molar-refractivity contribution in [3.05, 3.63) is 29.8 Å². The van der Waals surface area contributed by atoms with Gasteiger partial charge in [-0.2, -0.15) is 0 Å². The van der Waals surface area contributed by atoms with Crippen LogP contribution in [0.25, 0.3) is 0 Å². The second kappa shape index (κ2) is 6.94. The van der Waals surface area contributed by atoms with E-state index in [-0.39, 0.29) is 0 Å². The molecular weight excluding hydrogens is 264 g/mol. The van der Waals surface area contributed by atoms with E-state index in [1.165, 1.54) is 19.3 Å². The van der Waals surface area contributed by atoms with Crippen LogP contribution >= 0.6 is 0 Å². The van der Waals surface area contributed by atoms with Crippen LogP contribution < -0.4 is 4.90 Å². The Hall–Kier alpha value is -1.55. The van der Waals surface area contributed by atoms with Crippen molar-refractivity contribution in [3.8, 4) is 0 Å². The maximum atomic E-state index is 11.8. The molecule has 0 radical (unpaired) electrons. The van der Waals surface area contributed by atoms with E-state index in [9.17, 15) is 9.90 Å². The largest absolute Gasteiger partial charge is 0.480 e. The maximum absolute atomic E-state index is 11.8. The zero-order chi connectivity index (χ0) is 15.4. The van der Waals surface area contributed by atoms with Crippen LogP contribution in [-0.2, 0) is 4.79 Å². The zero-order valence-electron chi connectivity index (χ0n) is 13.2. The lowest BCUT2D eigenvalue weighted by molar-refractivity contribution is -0.144. The molecule has 0 saturated heterocycles. The highest BCUT2D eigenvalue weighted by Gasteiger charge is 2.30. The third-order valence-corrected chi connectivity index (χ3v) is 4.52. The number of hydrogen-bond donors (Lipinski definition) is 1. The van der Waals surface area contributed by atoms with Gasteiger partial charge in [-0.15, -0.1) is 0 Å². The summed E-state index contributed by atoms with van der Waals surface area (Å²) in [5.41, 5.74) is 1.95. The molecule has 1 aliphatic rings. The molecule has 2 rings (SSSR count). The average molecular weight is 290 g/mol. The Labute approximate surface area is 127 Å². The minimum Gasteiger partial charge on any atom is -0.480 e. The number of likely N-dealkylation sites (N-methyl/N-ethyl adjacent to an activating group) is 1. The van der Waals surface area contributed by atoms with Crippen molar-refractivity contribution in [2.75, 3.05) is 26.0 Å². The monoisotopic (exact) mass is 290 g/mol. The molecule has 0 amide bonds. The smallest absolute Gasteiger partial charge is 0.325 e. The predicted molar refractivity (Wildman–Crippen MR) is 85.8 cm³/mol. The summed E-state index contributed by atoms with van der Waals surface area (Å²) in [7, 11) is 5.92. The Kier molecular flexibility index (Phi) is 5.23. The highest BCUT2D eigenvalue weighted by atomic mass is 16.4. The Morgan fingerprint density at radius 1 is 1.10 bits per heavy atom. The summed E-state index contributed by atoms with van der Waals surface area (Å²) in [4.78, 5) is 15.8. The third kappa shape index (κ3) is 3.76. The van der Waals surface area contributed by atoms with E-state index >= 15 is 0 Å². The standard InChI is InChI=1S/C17H26N2O2/c1-18(2)14-11-9-13(10-12-14)16(17(20)21)19(3)15-7-5-4-6-8-15/h9-12,15-16H,4-8H2,1-3H3,(H,20,21). The first-order valence-corrected chi connectivity index (χ1v) is 7.72. The van der Waals surface area contributed by atoms with E-state index in [0.717, 1.165) is 24.1 Å². The van der Waals surface area contributed by atoms with Crippen molar-refractivity contribution in [3.63, 3.8) is 0 Å². The number of carboxylic acid groups (broad SMARTS) is 1. The number of aliphatic carboxylic acids is 1. The summed E-state index contributed by atoms with van der Waals surface area (Å²) < 4.78 is 0. The second-order valence-corrected chi connectivity index (χ2v) is 6.18. The fourth-order valence-corrected chi connectivity index (χ4v) is 3.21. The molecule has 4 heteroatoms. The first kappa shape index (κ1) is 15.8. The van der Waals surface area contributed by atoms with Crippen LogP contribution in [0.2, 0.25) is 0 Å². The van der Waals surface area contributed by atoms with Crippen LogP contribution in [0.3, 0.4) is 0 Å². The number of benzene rings is 1. The van der Waals surface area contributed by atoms with Crippen molar-refractivity contribution < 1.29 is 9.90 Å². The molecular formula is C17H26N2O2. The van der Waals surface area contributed by atoms with E-state index in [0.29, 0.717) is 6.04 Å². The summed E-state index contributed by atoms with van der Waals surface area (Å²) in [5.74, 6) is -0.763.